The van der Waals surface area contributed by atoms with Crippen molar-refractivity contribution >= 4 is 11.9 Å². The molecule has 84 valence electrons. The largest absolute Gasteiger partial charge is 0.467 e. The van der Waals surface area contributed by atoms with Crippen molar-refractivity contribution in [3.63, 3.8) is 0 Å². The van der Waals surface area contributed by atoms with Crippen LogP contribution in [0.4, 0.5) is 11.9 Å². The first-order valence-corrected chi connectivity index (χ1v) is 4.88. The highest BCUT2D eigenvalue weighted by atomic mass is 16.5. The minimum absolute atomic E-state index is 0.326. The van der Waals surface area contributed by atoms with Crippen LogP contribution in [0.2, 0.25) is 0 Å². The van der Waals surface area contributed by atoms with Crippen molar-refractivity contribution in [2.24, 2.45) is 0 Å². The maximum atomic E-state index is 5.00. The zero-order valence-electron chi connectivity index (χ0n) is 9.61. The van der Waals surface area contributed by atoms with Crippen molar-refractivity contribution < 1.29 is 4.74 Å². The van der Waals surface area contributed by atoms with Crippen molar-refractivity contribution in [3.8, 4) is 6.01 Å². The molecule has 1 heterocycles. The second-order valence-electron chi connectivity index (χ2n) is 3.27. The van der Waals surface area contributed by atoms with Crippen LogP contribution in [0, 0.1) is 0 Å². The first-order valence-electron chi connectivity index (χ1n) is 4.88. The van der Waals surface area contributed by atoms with E-state index in [0.717, 1.165) is 13.0 Å². The van der Waals surface area contributed by atoms with Crippen LogP contribution < -0.4 is 15.0 Å². The van der Waals surface area contributed by atoms with Crippen LogP contribution in [0.25, 0.3) is 0 Å². The summed E-state index contributed by atoms with van der Waals surface area (Å²) < 4.78 is 5.00. The van der Waals surface area contributed by atoms with Crippen molar-refractivity contribution in [3.05, 3.63) is 0 Å². The second kappa shape index (κ2) is 5.33. The van der Waals surface area contributed by atoms with Crippen LogP contribution in [0.3, 0.4) is 0 Å². The molecule has 0 radical (unpaired) electrons. The van der Waals surface area contributed by atoms with Crippen LogP contribution in [0.1, 0.15) is 13.3 Å². The molecular weight excluding hydrogens is 194 g/mol. The molecule has 0 unspecified atom stereocenters. The molecule has 1 rings (SSSR count). The van der Waals surface area contributed by atoms with Gasteiger partial charge in [0.25, 0.3) is 0 Å². The monoisotopic (exact) mass is 211 g/mol. The summed E-state index contributed by atoms with van der Waals surface area (Å²) in [5.74, 6) is 1.13. The Kier molecular flexibility index (Phi) is 4.08. The number of hydrogen-bond acceptors (Lipinski definition) is 6. The molecule has 0 aromatic carbocycles. The summed E-state index contributed by atoms with van der Waals surface area (Å²) in [7, 11) is 5.29. The van der Waals surface area contributed by atoms with E-state index in [2.05, 4.69) is 27.2 Å². The number of anilines is 2. The number of hydrogen-bond donors (Lipinski definition) is 1. The van der Waals surface area contributed by atoms with Crippen LogP contribution in [-0.2, 0) is 0 Å². The molecule has 0 saturated heterocycles. The molecule has 1 aromatic heterocycles. The minimum Gasteiger partial charge on any atom is -0.467 e. The van der Waals surface area contributed by atoms with E-state index in [-0.39, 0.29) is 0 Å². The SMILES string of the molecule is CCCNc1nc(OC)nc(N(C)C)n1. The zero-order valence-corrected chi connectivity index (χ0v) is 9.61. The summed E-state index contributed by atoms with van der Waals surface area (Å²) in [6.07, 6.45) is 1.02. The van der Waals surface area contributed by atoms with Gasteiger partial charge in [-0.25, -0.2) is 0 Å². The summed E-state index contributed by atoms with van der Waals surface area (Å²) in [6, 6.07) is 0.326. The molecular formula is C9H17N5O. The van der Waals surface area contributed by atoms with Crippen molar-refractivity contribution in [2.75, 3.05) is 38.0 Å². The average Bonchev–Trinajstić information content (AvgIpc) is 2.25. The van der Waals surface area contributed by atoms with Gasteiger partial charge >= 0.3 is 6.01 Å². The van der Waals surface area contributed by atoms with Crippen LogP contribution in [-0.4, -0.2) is 42.7 Å². The lowest BCUT2D eigenvalue weighted by Gasteiger charge is -2.12. The predicted octanol–water partition coefficient (Wildman–Crippen LogP) is 0.768. The van der Waals surface area contributed by atoms with Gasteiger partial charge in [-0.2, -0.15) is 15.0 Å². The molecule has 0 atom stereocenters. The summed E-state index contributed by atoms with van der Waals surface area (Å²) in [4.78, 5) is 14.2. The molecule has 0 saturated carbocycles. The molecule has 1 aromatic rings. The third kappa shape index (κ3) is 3.23. The Balaban J connectivity index is 2.90. The Labute approximate surface area is 89.7 Å². The Bertz CT molecular complexity index is 315. The molecule has 0 aliphatic heterocycles. The molecule has 1 N–H and O–H groups in total. The number of aromatic nitrogens is 3. The van der Waals surface area contributed by atoms with Crippen molar-refractivity contribution in [1.29, 1.82) is 0 Å². The second-order valence-corrected chi connectivity index (χ2v) is 3.27. The van der Waals surface area contributed by atoms with E-state index in [1.807, 2.05) is 14.1 Å². The third-order valence-electron chi connectivity index (χ3n) is 1.72. The van der Waals surface area contributed by atoms with Gasteiger partial charge in [0.2, 0.25) is 11.9 Å². The maximum absolute atomic E-state index is 5.00. The van der Waals surface area contributed by atoms with E-state index < -0.39 is 0 Å². The highest BCUT2D eigenvalue weighted by Crippen LogP contribution is 2.12. The van der Waals surface area contributed by atoms with Gasteiger partial charge in [0.05, 0.1) is 7.11 Å². The topological polar surface area (TPSA) is 63.2 Å². The van der Waals surface area contributed by atoms with Gasteiger partial charge in [0.15, 0.2) is 0 Å². The molecule has 15 heavy (non-hydrogen) atoms. The predicted molar refractivity (Wildman–Crippen MR) is 59.5 cm³/mol. The zero-order chi connectivity index (χ0) is 11.3. The fourth-order valence-corrected chi connectivity index (χ4v) is 0.953. The first kappa shape index (κ1) is 11.5. The number of nitrogens with zero attached hydrogens (tertiary/aromatic N) is 4. The van der Waals surface area contributed by atoms with E-state index in [4.69, 9.17) is 4.74 Å². The van der Waals surface area contributed by atoms with Crippen molar-refractivity contribution in [1.82, 2.24) is 15.0 Å². The fourth-order valence-electron chi connectivity index (χ4n) is 0.953. The van der Waals surface area contributed by atoms with E-state index >= 15 is 0 Å². The first-order chi connectivity index (χ1) is 7.17. The maximum Gasteiger partial charge on any atom is 0.322 e. The number of rotatable bonds is 5. The van der Waals surface area contributed by atoms with Crippen molar-refractivity contribution in [2.45, 2.75) is 13.3 Å². The summed E-state index contributed by atoms with van der Waals surface area (Å²) in [5, 5.41) is 3.10. The Morgan fingerprint density at radius 2 is 2.00 bits per heavy atom. The summed E-state index contributed by atoms with van der Waals surface area (Å²) in [6.45, 7) is 2.91. The lowest BCUT2D eigenvalue weighted by atomic mass is 10.5. The van der Waals surface area contributed by atoms with Gasteiger partial charge < -0.3 is 15.0 Å². The van der Waals surface area contributed by atoms with E-state index in [1.54, 1.807) is 12.0 Å². The number of nitrogens with one attached hydrogen (secondary N) is 1. The van der Waals surface area contributed by atoms with Gasteiger partial charge in [0.1, 0.15) is 0 Å². The standard InChI is InChI=1S/C9H17N5O/c1-5-6-10-7-11-8(14(2)3)13-9(12-7)15-4/h5-6H2,1-4H3,(H,10,11,12,13). The molecule has 6 nitrogen and oxygen atoms in total. The lowest BCUT2D eigenvalue weighted by molar-refractivity contribution is 0.379. The minimum atomic E-state index is 0.326. The van der Waals surface area contributed by atoms with Gasteiger partial charge in [-0.1, -0.05) is 6.92 Å². The Hall–Kier alpha value is -1.59. The van der Waals surface area contributed by atoms with Gasteiger partial charge in [-0.3, -0.25) is 0 Å². The van der Waals surface area contributed by atoms with Gasteiger partial charge in [-0.15, -0.1) is 0 Å². The average molecular weight is 211 g/mol. The lowest BCUT2D eigenvalue weighted by Crippen LogP contribution is -2.16. The molecule has 0 aliphatic carbocycles. The highest BCUT2D eigenvalue weighted by Gasteiger charge is 2.07. The normalized spacial score (nSPS) is 9.87. The summed E-state index contributed by atoms with van der Waals surface area (Å²) >= 11 is 0. The fraction of sp³-hybridized carbons (Fsp3) is 0.667. The summed E-state index contributed by atoms with van der Waals surface area (Å²) in [5.41, 5.74) is 0. The Morgan fingerprint density at radius 3 is 2.53 bits per heavy atom. The smallest absolute Gasteiger partial charge is 0.322 e. The molecule has 6 heteroatoms. The third-order valence-corrected chi connectivity index (χ3v) is 1.72. The van der Waals surface area contributed by atoms with Crippen LogP contribution in [0.15, 0.2) is 0 Å². The van der Waals surface area contributed by atoms with Crippen LogP contribution >= 0.6 is 0 Å². The van der Waals surface area contributed by atoms with E-state index in [0.29, 0.717) is 17.9 Å². The van der Waals surface area contributed by atoms with Gasteiger partial charge in [0, 0.05) is 20.6 Å². The van der Waals surface area contributed by atoms with Gasteiger partial charge in [-0.05, 0) is 6.42 Å². The molecule has 0 spiro atoms. The van der Waals surface area contributed by atoms with E-state index in [1.165, 1.54) is 0 Å². The van der Waals surface area contributed by atoms with Crippen LogP contribution in [0.5, 0.6) is 6.01 Å². The number of ether oxygens (including phenoxy) is 1. The molecule has 0 fully saturated rings. The molecule has 0 bridgehead atoms. The Morgan fingerprint density at radius 1 is 1.27 bits per heavy atom. The van der Waals surface area contributed by atoms with E-state index in [9.17, 15) is 0 Å². The molecule has 0 aliphatic rings. The number of methoxy groups -OCH3 is 1. The highest BCUT2D eigenvalue weighted by molar-refractivity contribution is 5.36. The molecule has 0 amide bonds. The quantitative estimate of drug-likeness (QED) is 0.776.